The third-order valence-electron chi connectivity index (χ3n) is 1.32. The minimum atomic E-state index is -0.722. The maximum Gasteiger partial charge on any atom is 0.346 e. The first-order chi connectivity index (χ1) is 6.24. The molecule has 1 heterocycles. The molecule has 0 unspecified atom stereocenters. The fourth-order valence-corrected chi connectivity index (χ4v) is 0.743. The van der Waals surface area contributed by atoms with Gasteiger partial charge in [0, 0.05) is 18.5 Å². The molecule has 0 radical (unpaired) electrons. The summed E-state index contributed by atoms with van der Waals surface area (Å²) in [6.07, 6.45) is 4.20. The number of nitro groups is 1. The Balaban J connectivity index is 3.01. The second-order valence-corrected chi connectivity index (χ2v) is 2.18. The number of pyridine rings is 1. The Morgan fingerprint density at radius 3 is 2.69 bits per heavy atom. The molecular formula is C8H5N3O2. The quantitative estimate of drug-likeness (QED) is 0.384. The monoisotopic (exact) mass is 175 g/mol. The van der Waals surface area contributed by atoms with Crippen molar-refractivity contribution in [2.45, 2.75) is 0 Å². The van der Waals surface area contributed by atoms with Crippen LogP contribution < -0.4 is 0 Å². The van der Waals surface area contributed by atoms with Crippen molar-refractivity contribution in [3.05, 3.63) is 45.9 Å². The molecule has 0 aliphatic carbocycles. The van der Waals surface area contributed by atoms with Gasteiger partial charge in [-0.05, 0) is 17.7 Å². The number of hydrogen-bond donors (Lipinski definition) is 0. The molecule has 0 bridgehead atoms. The third-order valence-corrected chi connectivity index (χ3v) is 1.32. The van der Waals surface area contributed by atoms with Crippen molar-refractivity contribution < 1.29 is 4.92 Å². The van der Waals surface area contributed by atoms with Gasteiger partial charge in [0.15, 0.2) is 6.07 Å². The lowest BCUT2D eigenvalue weighted by Gasteiger charge is -1.89. The van der Waals surface area contributed by atoms with Crippen molar-refractivity contribution >= 4 is 6.08 Å². The lowest BCUT2D eigenvalue weighted by atomic mass is 10.2. The summed E-state index contributed by atoms with van der Waals surface area (Å²) < 4.78 is 0. The average molecular weight is 175 g/mol. The van der Waals surface area contributed by atoms with Gasteiger partial charge in [-0.3, -0.25) is 15.1 Å². The molecule has 0 aliphatic heterocycles. The summed E-state index contributed by atoms with van der Waals surface area (Å²) in [6, 6.07) is 4.66. The summed E-state index contributed by atoms with van der Waals surface area (Å²) in [5.41, 5.74) is 0.106. The van der Waals surface area contributed by atoms with E-state index in [0.29, 0.717) is 5.56 Å². The van der Waals surface area contributed by atoms with Crippen LogP contribution in [0.4, 0.5) is 0 Å². The van der Waals surface area contributed by atoms with Crippen LogP contribution >= 0.6 is 0 Å². The predicted octanol–water partition coefficient (Wildman–Crippen LogP) is 1.22. The van der Waals surface area contributed by atoms with Crippen molar-refractivity contribution in [3.63, 3.8) is 0 Å². The van der Waals surface area contributed by atoms with Gasteiger partial charge < -0.3 is 0 Å². The molecule has 64 valence electrons. The first kappa shape index (κ1) is 8.87. The molecule has 0 fully saturated rings. The maximum atomic E-state index is 10.2. The molecule has 0 saturated heterocycles. The molecule has 0 spiro atoms. The van der Waals surface area contributed by atoms with Crippen molar-refractivity contribution in [3.8, 4) is 6.07 Å². The second kappa shape index (κ2) is 3.97. The van der Waals surface area contributed by atoms with E-state index in [1.807, 2.05) is 0 Å². The zero-order valence-electron chi connectivity index (χ0n) is 6.54. The number of nitrogens with zero attached hydrogens (tertiary/aromatic N) is 3. The summed E-state index contributed by atoms with van der Waals surface area (Å²) in [4.78, 5) is 13.3. The number of allylic oxidation sites excluding steroid dienone is 1. The summed E-state index contributed by atoms with van der Waals surface area (Å²) in [5.74, 6) is 0. The van der Waals surface area contributed by atoms with Gasteiger partial charge in [0.25, 0.3) is 0 Å². The fraction of sp³-hybridized carbons (Fsp3) is 0. The molecule has 5 nitrogen and oxygen atoms in total. The minimum absolute atomic E-state index is 0.480. The van der Waals surface area contributed by atoms with E-state index in [-0.39, 0.29) is 0 Å². The Labute approximate surface area is 74.1 Å². The average Bonchev–Trinajstić information content (AvgIpc) is 2.15. The highest BCUT2D eigenvalue weighted by Gasteiger charge is 2.07. The van der Waals surface area contributed by atoms with Crippen LogP contribution in [0.15, 0.2) is 30.2 Å². The highest BCUT2D eigenvalue weighted by atomic mass is 16.6. The summed E-state index contributed by atoms with van der Waals surface area (Å²) in [5, 5.41) is 18.6. The molecule has 1 aromatic rings. The van der Waals surface area contributed by atoms with Gasteiger partial charge >= 0.3 is 5.70 Å². The number of rotatable bonds is 2. The minimum Gasteiger partial charge on any atom is -0.265 e. The van der Waals surface area contributed by atoms with E-state index in [4.69, 9.17) is 5.26 Å². The second-order valence-electron chi connectivity index (χ2n) is 2.18. The van der Waals surface area contributed by atoms with Crippen molar-refractivity contribution in [1.82, 2.24) is 4.98 Å². The molecule has 0 atom stereocenters. The number of aromatic nitrogens is 1. The van der Waals surface area contributed by atoms with Gasteiger partial charge in [0.1, 0.15) is 0 Å². The molecule has 13 heavy (non-hydrogen) atoms. The first-order valence-electron chi connectivity index (χ1n) is 3.40. The van der Waals surface area contributed by atoms with E-state index in [1.54, 1.807) is 12.1 Å². The normalized spacial score (nSPS) is 10.5. The number of nitriles is 1. The largest absolute Gasteiger partial charge is 0.346 e. The summed E-state index contributed by atoms with van der Waals surface area (Å²) in [7, 11) is 0. The molecular weight excluding hydrogens is 170 g/mol. The van der Waals surface area contributed by atoms with Crippen LogP contribution in [0.1, 0.15) is 5.56 Å². The molecule has 0 aromatic carbocycles. The van der Waals surface area contributed by atoms with Crippen LogP contribution in [-0.2, 0) is 0 Å². The molecule has 0 saturated carbocycles. The molecule has 0 N–H and O–H groups in total. The highest BCUT2D eigenvalue weighted by Crippen LogP contribution is 2.04. The molecule has 5 heteroatoms. The lowest BCUT2D eigenvalue weighted by molar-refractivity contribution is -0.415. The zero-order valence-corrected chi connectivity index (χ0v) is 6.54. The van der Waals surface area contributed by atoms with Crippen molar-refractivity contribution in [1.29, 1.82) is 5.26 Å². The SMILES string of the molecule is N#C/C(=C/c1ccncc1)[N+](=O)[O-]. The smallest absolute Gasteiger partial charge is 0.265 e. The fourth-order valence-electron chi connectivity index (χ4n) is 0.743. The Hall–Kier alpha value is -2.22. The van der Waals surface area contributed by atoms with Gasteiger partial charge in [0.05, 0.1) is 4.92 Å². The van der Waals surface area contributed by atoms with Crippen molar-refractivity contribution in [2.75, 3.05) is 0 Å². The predicted molar refractivity (Wildman–Crippen MR) is 44.8 cm³/mol. The maximum absolute atomic E-state index is 10.2. The highest BCUT2D eigenvalue weighted by molar-refractivity contribution is 5.53. The zero-order chi connectivity index (χ0) is 9.68. The Morgan fingerprint density at radius 1 is 1.62 bits per heavy atom. The van der Waals surface area contributed by atoms with Crippen LogP contribution in [0.2, 0.25) is 0 Å². The van der Waals surface area contributed by atoms with Crippen LogP contribution in [0, 0.1) is 21.4 Å². The van der Waals surface area contributed by atoms with Crippen LogP contribution in [0.25, 0.3) is 6.08 Å². The van der Waals surface area contributed by atoms with Crippen LogP contribution in [-0.4, -0.2) is 9.91 Å². The molecule has 1 rings (SSSR count). The van der Waals surface area contributed by atoms with Gasteiger partial charge in [0.2, 0.25) is 0 Å². The van der Waals surface area contributed by atoms with E-state index in [0.717, 1.165) is 0 Å². The van der Waals surface area contributed by atoms with Gasteiger partial charge in [-0.1, -0.05) is 0 Å². The van der Waals surface area contributed by atoms with E-state index < -0.39 is 10.6 Å². The Bertz CT molecular complexity index is 378. The van der Waals surface area contributed by atoms with E-state index >= 15 is 0 Å². The lowest BCUT2D eigenvalue weighted by Crippen LogP contribution is -1.94. The topological polar surface area (TPSA) is 79.8 Å². The van der Waals surface area contributed by atoms with E-state index in [2.05, 4.69) is 4.98 Å². The first-order valence-corrected chi connectivity index (χ1v) is 3.40. The summed E-state index contributed by atoms with van der Waals surface area (Å²) >= 11 is 0. The Morgan fingerprint density at radius 2 is 2.23 bits per heavy atom. The molecule has 1 aromatic heterocycles. The van der Waals surface area contributed by atoms with Crippen molar-refractivity contribution in [2.24, 2.45) is 0 Å². The standard InChI is InChI=1S/C8H5N3O2/c9-6-8(11(12)13)5-7-1-3-10-4-2-7/h1-5H/b8-5-. The van der Waals surface area contributed by atoms with Crippen LogP contribution in [0.3, 0.4) is 0 Å². The number of hydrogen-bond acceptors (Lipinski definition) is 4. The van der Waals surface area contributed by atoms with Crippen LogP contribution in [0.5, 0.6) is 0 Å². The van der Waals surface area contributed by atoms with Gasteiger partial charge in [-0.15, -0.1) is 0 Å². The van der Waals surface area contributed by atoms with Gasteiger partial charge in [-0.2, -0.15) is 5.26 Å². The van der Waals surface area contributed by atoms with Gasteiger partial charge in [-0.25, -0.2) is 0 Å². The summed E-state index contributed by atoms with van der Waals surface area (Å²) in [6.45, 7) is 0. The molecule has 0 amide bonds. The van der Waals surface area contributed by atoms with E-state index in [9.17, 15) is 10.1 Å². The third kappa shape index (κ3) is 2.38. The Kier molecular flexibility index (Phi) is 2.71. The molecule has 0 aliphatic rings. The van der Waals surface area contributed by atoms with E-state index in [1.165, 1.54) is 24.5 Å².